The van der Waals surface area contributed by atoms with E-state index < -0.39 is 0 Å². The molecule has 1 atom stereocenters. The van der Waals surface area contributed by atoms with Gasteiger partial charge >= 0.3 is 0 Å². The van der Waals surface area contributed by atoms with Gasteiger partial charge < -0.3 is 20.4 Å². The lowest BCUT2D eigenvalue weighted by Gasteiger charge is -2.35. The molecule has 0 bridgehead atoms. The lowest BCUT2D eigenvalue weighted by atomic mass is 9.96. The molecule has 1 saturated heterocycles. The maximum Gasteiger partial charge on any atom is 0.191 e. The topological polar surface area (TPSA) is 42.9 Å². The van der Waals surface area contributed by atoms with E-state index in [-0.39, 0.29) is 24.0 Å². The summed E-state index contributed by atoms with van der Waals surface area (Å²) in [5, 5.41) is 7.12. The highest BCUT2D eigenvalue weighted by atomic mass is 127. The van der Waals surface area contributed by atoms with Crippen LogP contribution in [0.15, 0.2) is 4.99 Å². The number of rotatable bonds is 6. The fourth-order valence-electron chi connectivity index (χ4n) is 3.70. The lowest BCUT2D eigenvalue weighted by molar-refractivity contribution is 0.124. The Hall–Kier alpha value is -0.0800. The first-order chi connectivity index (χ1) is 11.2. The molecule has 0 amide bonds. The van der Waals surface area contributed by atoms with Crippen LogP contribution in [0.1, 0.15) is 46.0 Å². The van der Waals surface area contributed by atoms with Gasteiger partial charge in [0.1, 0.15) is 0 Å². The molecule has 2 aliphatic rings. The van der Waals surface area contributed by atoms with Gasteiger partial charge in [0.15, 0.2) is 5.96 Å². The monoisotopic (exact) mass is 451 g/mol. The van der Waals surface area contributed by atoms with Gasteiger partial charge in [-0.05, 0) is 25.3 Å². The van der Waals surface area contributed by atoms with Gasteiger partial charge in [0.2, 0.25) is 0 Å². The zero-order chi connectivity index (χ0) is 16.5. The summed E-state index contributed by atoms with van der Waals surface area (Å²) in [5.41, 5.74) is 0. The minimum Gasteiger partial charge on any atom is -0.356 e. The molecule has 1 aliphatic heterocycles. The average molecular weight is 451 g/mol. The van der Waals surface area contributed by atoms with E-state index in [0.29, 0.717) is 12.0 Å². The molecular formula is C18H38IN5. The van der Waals surface area contributed by atoms with Crippen molar-refractivity contribution in [1.82, 2.24) is 20.4 Å². The van der Waals surface area contributed by atoms with E-state index in [2.05, 4.69) is 39.3 Å². The van der Waals surface area contributed by atoms with Crippen LogP contribution in [-0.4, -0.2) is 74.7 Å². The van der Waals surface area contributed by atoms with Gasteiger partial charge in [0.25, 0.3) is 0 Å². The Morgan fingerprint density at radius 2 is 1.71 bits per heavy atom. The molecule has 0 aromatic rings. The Kier molecular flexibility index (Phi) is 11.3. The van der Waals surface area contributed by atoms with E-state index in [1.807, 2.05) is 7.05 Å². The molecule has 0 aromatic heterocycles. The molecule has 0 spiro atoms. The molecule has 1 unspecified atom stereocenters. The first kappa shape index (κ1) is 22.0. The van der Waals surface area contributed by atoms with E-state index in [9.17, 15) is 0 Å². The van der Waals surface area contributed by atoms with Crippen molar-refractivity contribution in [2.75, 3.05) is 52.9 Å². The van der Waals surface area contributed by atoms with Crippen LogP contribution in [0.4, 0.5) is 0 Å². The van der Waals surface area contributed by atoms with Crippen LogP contribution in [0, 0.1) is 5.92 Å². The van der Waals surface area contributed by atoms with Gasteiger partial charge in [-0.2, -0.15) is 0 Å². The van der Waals surface area contributed by atoms with Crippen molar-refractivity contribution < 1.29 is 0 Å². The maximum atomic E-state index is 4.40. The molecule has 0 radical (unpaired) electrons. The number of hydrogen-bond donors (Lipinski definition) is 2. The number of nitrogens with zero attached hydrogens (tertiary/aromatic N) is 3. The largest absolute Gasteiger partial charge is 0.356 e. The van der Waals surface area contributed by atoms with Crippen molar-refractivity contribution in [3.05, 3.63) is 0 Å². The Morgan fingerprint density at radius 3 is 2.29 bits per heavy atom. The van der Waals surface area contributed by atoms with Crippen molar-refractivity contribution >= 4 is 29.9 Å². The Labute approximate surface area is 166 Å². The Morgan fingerprint density at radius 1 is 1.08 bits per heavy atom. The zero-order valence-corrected chi connectivity index (χ0v) is 18.2. The molecule has 142 valence electrons. The van der Waals surface area contributed by atoms with Crippen LogP contribution in [0.2, 0.25) is 0 Å². The number of piperazine rings is 1. The normalized spacial score (nSPS) is 22.7. The molecule has 5 nitrogen and oxygen atoms in total. The van der Waals surface area contributed by atoms with E-state index in [1.165, 1.54) is 71.4 Å². The van der Waals surface area contributed by atoms with E-state index in [1.54, 1.807) is 0 Å². The molecule has 6 heteroatoms. The third-order valence-corrected chi connectivity index (χ3v) is 5.27. The number of aliphatic imine (C=N–C) groups is 1. The van der Waals surface area contributed by atoms with Crippen molar-refractivity contribution in [1.29, 1.82) is 0 Å². The van der Waals surface area contributed by atoms with Crippen molar-refractivity contribution in [2.45, 2.75) is 52.0 Å². The van der Waals surface area contributed by atoms with Crippen LogP contribution >= 0.6 is 24.0 Å². The highest BCUT2D eigenvalue weighted by Crippen LogP contribution is 2.17. The lowest BCUT2D eigenvalue weighted by Crippen LogP contribution is -2.49. The fraction of sp³-hybridized carbons (Fsp3) is 0.944. The maximum absolute atomic E-state index is 4.40. The summed E-state index contributed by atoms with van der Waals surface area (Å²) in [7, 11) is 1.88. The van der Waals surface area contributed by atoms with Gasteiger partial charge in [-0.25, -0.2) is 0 Å². The van der Waals surface area contributed by atoms with Crippen molar-refractivity contribution in [3.8, 4) is 0 Å². The minimum atomic E-state index is 0. The van der Waals surface area contributed by atoms with Crippen LogP contribution in [0.25, 0.3) is 0 Å². The Balaban J connectivity index is 0.00000288. The molecule has 24 heavy (non-hydrogen) atoms. The number of hydrogen-bond acceptors (Lipinski definition) is 3. The number of halogens is 1. The average Bonchev–Trinajstić information content (AvgIpc) is 2.60. The summed E-state index contributed by atoms with van der Waals surface area (Å²) in [6.45, 7) is 12.9. The first-order valence-corrected chi connectivity index (χ1v) is 9.63. The van der Waals surface area contributed by atoms with E-state index in [4.69, 9.17) is 0 Å². The second kappa shape index (κ2) is 12.3. The molecule has 0 aromatic carbocycles. The summed E-state index contributed by atoms with van der Waals surface area (Å²) < 4.78 is 0. The molecule has 1 heterocycles. The molecule has 1 aliphatic carbocycles. The van der Waals surface area contributed by atoms with Crippen LogP contribution in [0.5, 0.6) is 0 Å². The van der Waals surface area contributed by atoms with Gasteiger partial charge in [-0.15, -0.1) is 24.0 Å². The third kappa shape index (κ3) is 7.87. The van der Waals surface area contributed by atoms with Gasteiger partial charge in [0, 0.05) is 52.4 Å². The number of nitrogens with one attached hydrogen (secondary N) is 2. The smallest absolute Gasteiger partial charge is 0.191 e. The molecule has 2 rings (SSSR count). The molecular weight excluding hydrogens is 413 g/mol. The predicted octanol–water partition coefficient (Wildman–Crippen LogP) is 2.38. The van der Waals surface area contributed by atoms with Gasteiger partial charge in [-0.1, -0.05) is 33.1 Å². The minimum absolute atomic E-state index is 0. The summed E-state index contributed by atoms with van der Waals surface area (Å²) in [6, 6.07) is 0.618. The standard InChI is InChI=1S/C18H37N5.HI/c1-4-22-10-12-23(13-11-22)15-16(2)14-20-18(19-3)21-17-8-6-5-7-9-17;/h16-17H,4-15H2,1-3H3,(H2,19,20,21);1H. The summed E-state index contributed by atoms with van der Waals surface area (Å²) in [6.07, 6.45) is 6.69. The first-order valence-electron chi connectivity index (χ1n) is 9.63. The Bertz CT molecular complexity index is 349. The number of likely N-dealkylation sites (N-methyl/N-ethyl adjacent to an activating group) is 1. The SMILES string of the molecule is CCN1CCN(CC(C)CNC(=NC)NC2CCCCC2)CC1.I. The van der Waals surface area contributed by atoms with Gasteiger partial charge in [-0.3, -0.25) is 4.99 Å². The van der Waals surface area contributed by atoms with Crippen molar-refractivity contribution in [3.63, 3.8) is 0 Å². The summed E-state index contributed by atoms with van der Waals surface area (Å²) in [4.78, 5) is 9.54. The molecule has 1 saturated carbocycles. The van der Waals surface area contributed by atoms with Crippen molar-refractivity contribution in [2.24, 2.45) is 10.9 Å². The second-order valence-corrected chi connectivity index (χ2v) is 7.27. The van der Waals surface area contributed by atoms with Crippen LogP contribution in [0.3, 0.4) is 0 Å². The highest BCUT2D eigenvalue weighted by molar-refractivity contribution is 14.0. The predicted molar refractivity (Wildman–Crippen MR) is 115 cm³/mol. The highest BCUT2D eigenvalue weighted by Gasteiger charge is 2.18. The fourth-order valence-corrected chi connectivity index (χ4v) is 3.70. The quantitative estimate of drug-likeness (QED) is 0.370. The zero-order valence-electron chi connectivity index (χ0n) is 15.9. The third-order valence-electron chi connectivity index (χ3n) is 5.27. The van der Waals surface area contributed by atoms with Crippen LogP contribution in [-0.2, 0) is 0 Å². The number of guanidine groups is 1. The van der Waals surface area contributed by atoms with E-state index in [0.717, 1.165) is 12.5 Å². The molecule has 2 fully saturated rings. The summed E-state index contributed by atoms with van der Waals surface area (Å²) in [5.74, 6) is 1.63. The summed E-state index contributed by atoms with van der Waals surface area (Å²) >= 11 is 0. The van der Waals surface area contributed by atoms with E-state index >= 15 is 0 Å². The molecule has 2 N–H and O–H groups in total. The van der Waals surface area contributed by atoms with Crippen LogP contribution < -0.4 is 10.6 Å². The second-order valence-electron chi connectivity index (χ2n) is 7.27. The van der Waals surface area contributed by atoms with Gasteiger partial charge in [0.05, 0.1) is 0 Å².